The number of benzene rings is 2. The molecule has 5 nitrogen and oxygen atoms in total. The van der Waals surface area contributed by atoms with Crippen LogP contribution in [-0.4, -0.2) is 15.9 Å². The highest BCUT2D eigenvalue weighted by molar-refractivity contribution is 7.20. The van der Waals surface area contributed by atoms with Crippen LogP contribution in [0.15, 0.2) is 82.4 Å². The van der Waals surface area contributed by atoms with Crippen molar-refractivity contribution in [3.63, 3.8) is 0 Å². The largest absolute Gasteiger partial charge is 0.422 e. The molecule has 31 heavy (non-hydrogen) atoms. The third-order valence-electron chi connectivity index (χ3n) is 4.84. The molecule has 152 valence electrons. The molecule has 0 fully saturated rings. The van der Waals surface area contributed by atoms with Crippen molar-refractivity contribution in [3.05, 3.63) is 105 Å². The summed E-state index contributed by atoms with van der Waals surface area (Å²) in [4.78, 5) is 32.8. The predicted octanol–water partition coefficient (Wildman–Crippen LogP) is 5.52. The molecule has 3 heterocycles. The van der Waals surface area contributed by atoms with Crippen LogP contribution >= 0.6 is 22.7 Å². The average molecular weight is 445 g/mol. The van der Waals surface area contributed by atoms with Crippen molar-refractivity contribution >= 4 is 39.4 Å². The molecule has 0 unspecified atom stereocenters. The minimum absolute atomic E-state index is 0.104. The highest BCUT2D eigenvalue weighted by atomic mass is 32.1. The van der Waals surface area contributed by atoms with Gasteiger partial charge in [-0.25, -0.2) is 9.78 Å². The molecule has 2 aromatic carbocycles. The lowest BCUT2D eigenvalue weighted by molar-refractivity contribution is 0.0729. The Morgan fingerprint density at radius 2 is 1.87 bits per heavy atom. The number of thiazole rings is 1. The summed E-state index contributed by atoms with van der Waals surface area (Å²) >= 11 is 3.01. The van der Waals surface area contributed by atoms with E-state index in [1.807, 2.05) is 60.0 Å². The number of aromatic nitrogens is 2. The maximum Gasteiger partial charge on any atom is 0.363 e. The monoisotopic (exact) mass is 444 g/mol. The van der Waals surface area contributed by atoms with Gasteiger partial charge in [-0.3, -0.25) is 4.79 Å². The Morgan fingerprint density at radius 1 is 1.00 bits per heavy atom. The number of ether oxygens (including phenoxy) is 1. The number of H-pyrrole nitrogens is 1. The Hall–Kier alpha value is -3.55. The number of rotatable bonds is 5. The van der Waals surface area contributed by atoms with E-state index in [0.717, 1.165) is 26.4 Å². The second-order valence-corrected chi connectivity index (χ2v) is 8.72. The Bertz CT molecular complexity index is 1430. The summed E-state index contributed by atoms with van der Waals surface area (Å²) in [6.45, 7) is 0. The molecule has 1 N–H and O–H groups in total. The van der Waals surface area contributed by atoms with E-state index in [2.05, 4.69) is 9.97 Å². The summed E-state index contributed by atoms with van der Waals surface area (Å²) in [5.41, 5.74) is 2.16. The lowest BCUT2D eigenvalue weighted by atomic mass is 10.0. The minimum Gasteiger partial charge on any atom is -0.422 e. The standard InChI is InChI=1S/C24H16N2O3S2/c27-22-19-8-2-1-7-18(19)16(13-25-22)11-15-5-3-6-17(12-15)29-24(28)20-14-31-23(26-20)21-9-4-10-30-21/h1-10,12-14H,11H2,(H,25,27). The van der Waals surface area contributed by atoms with Crippen molar-refractivity contribution in [1.29, 1.82) is 0 Å². The first-order valence-corrected chi connectivity index (χ1v) is 11.3. The zero-order chi connectivity index (χ0) is 21.2. The van der Waals surface area contributed by atoms with Gasteiger partial charge in [0, 0.05) is 17.0 Å². The van der Waals surface area contributed by atoms with E-state index in [4.69, 9.17) is 4.74 Å². The van der Waals surface area contributed by atoms with Crippen LogP contribution in [0.5, 0.6) is 5.75 Å². The average Bonchev–Trinajstić information content (AvgIpc) is 3.48. The number of pyridine rings is 1. The second kappa shape index (κ2) is 8.29. The van der Waals surface area contributed by atoms with Crippen LogP contribution in [-0.2, 0) is 6.42 Å². The van der Waals surface area contributed by atoms with Crippen molar-refractivity contribution < 1.29 is 9.53 Å². The normalized spacial score (nSPS) is 11.0. The van der Waals surface area contributed by atoms with Crippen LogP contribution in [0.3, 0.4) is 0 Å². The first kappa shape index (κ1) is 19.4. The lowest BCUT2D eigenvalue weighted by Gasteiger charge is -2.08. The third kappa shape index (κ3) is 4.05. The van der Waals surface area contributed by atoms with Gasteiger partial charge in [-0.2, -0.15) is 0 Å². The molecule has 7 heteroatoms. The van der Waals surface area contributed by atoms with Gasteiger partial charge in [-0.05, 0) is 52.6 Å². The van der Waals surface area contributed by atoms with Crippen molar-refractivity contribution in [2.24, 2.45) is 0 Å². The van der Waals surface area contributed by atoms with Gasteiger partial charge in [0.1, 0.15) is 10.8 Å². The topological polar surface area (TPSA) is 72.1 Å². The second-order valence-electron chi connectivity index (χ2n) is 6.92. The van der Waals surface area contributed by atoms with Crippen LogP contribution in [0.4, 0.5) is 0 Å². The van der Waals surface area contributed by atoms with E-state index in [1.165, 1.54) is 11.3 Å². The first-order chi connectivity index (χ1) is 15.2. The number of fused-ring (bicyclic) bond motifs is 1. The van der Waals surface area contributed by atoms with E-state index >= 15 is 0 Å². The number of nitrogens with zero attached hydrogens (tertiary/aromatic N) is 1. The van der Waals surface area contributed by atoms with Crippen LogP contribution in [0, 0.1) is 0 Å². The van der Waals surface area contributed by atoms with Crippen LogP contribution in [0.2, 0.25) is 0 Å². The molecule has 5 aromatic rings. The van der Waals surface area contributed by atoms with E-state index in [1.54, 1.807) is 29.0 Å². The van der Waals surface area contributed by atoms with Crippen LogP contribution < -0.4 is 10.3 Å². The summed E-state index contributed by atoms with van der Waals surface area (Å²) in [5, 5.41) is 6.07. The molecule has 0 radical (unpaired) electrons. The zero-order valence-corrected chi connectivity index (χ0v) is 17.8. The predicted molar refractivity (Wildman–Crippen MR) is 124 cm³/mol. The Labute approximate surface area is 185 Å². The van der Waals surface area contributed by atoms with Crippen molar-refractivity contribution in [1.82, 2.24) is 9.97 Å². The van der Waals surface area contributed by atoms with Crippen LogP contribution in [0.25, 0.3) is 20.7 Å². The molecular weight excluding hydrogens is 428 g/mol. The zero-order valence-electron chi connectivity index (χ0n) is 16.2. The molecule has 0 saturated carbocycles. The molecule has 0 saturated heterocycles. The molecular formula is C24H16N2O3S2. The molecule has 0 amide bonds. The molecule has 0 aliphatic heterocycles. The van der Waals surface area contributed by atoms with Gasteiger partial charge in [-0.15, -0.1) is 22.7 Å². The molecule has 5 rings (SSSR count). The fourth-order valence-electron chi connectivity index (χ4n) is 3.39. The van der Waals surface area contributed by atoms with Crippen molar-refractivity contribution in [3.8, 4) is 15.6 Å². The summed E-state index contributed by atoms with van der Waals surface area (Å²) in [5.74, 6) is -0.0207. The summed E-state index contributed by atoms with van der Waals surface area (Å²) < 4.78 is 5.57. The Morgan fingerprint density at radius 3 is 2.71 bits per heavy atom. The van der Waals surface area contributed by atoms with E-state index in [9.17, 15) is 9.59 Å². The van der Waals surface area contributed by atoms with E-state index in [0.29, 0.717) is 23.3 Å². The summed E-state index contributed by atoms with van der Waals surface area (Å²) in [6, 6.07) is 18.9. The van der Waals surface area contributed by atoms with Gasteiger partial charge in [0.05, 0.1) is 4.88 Å². The molecule has 0 aliphatic carbocycles. The number of carbonyl (C=O) groups is 1. The van der Waals surface area contributed by atoms with E-state index < -0.39 is 5.97 Å². The number of aromatic amines is 1. The maximum atomic E-state index is 12.6. The van der Waals surface area contributed by atoms with Crippen molar-refractivity contribution in [2.75, 3.05) is 0 Å². The molecule has 0 atom stereocenters. The number of thiophene rings is 1. The third-order valence-corrected chi connectivity index (χ3v) is 6.73. The highest BCUT2D eigenvalue weighted by Gasteiger charge is 2.15. The molecule has 0 aliphatic rings. The SMILES string of the molecule is O=C(Oc1cccc(Cc2c[nH]c(=O)c3ccccc23)c1)c1csc(-c2cccs2)n1. The van der Waals surface area contributed by atoms with Gasteiger partial charge in [0.25, 0.3) is 5.56 Å². The molecule has 3 aromatic heterocycles. The van der Waals surface area contributed by atoms with Crippen molar-refractivity contribution in [2.45, 2.75) is 6.42 Å². The van der Waals surface area contributed by atoms with Gasteiger partial charge in [0.2, 0.25) is 0 Å². The molecule has 0 spiro atoms. The summed E-state index contributed by atoms with van der Waals surface area (Å²) in [7, 11) is 0. The fourth-order valence-corrected chi connectivity index (χ4v) is 5.00. The van der Waals surface area contributed by atoms with Crippen LogP contribution in [0.1, 0.15) is 21.6 Å². The first-order valence-electron chi connectivity index (χ1n) is 9.57. The van der Waals surface area contributed by atoms with Gasteiger partial charge < -0.3 is 9.72 Å². The minimum atomic E-state index is -0.481. The Balaban J connectivity index is 1.36. The quantitative estimate of drug-likeness (QED) is 0.286. The number of carbonyl (C=O) groups excluding carboxylic acids is 1. The number of hydrogen-bond acceptors (Lipinski definition) is 6. The van der Waals surface area contributed by atoms with Gasteiger partial charge in [0.15, 0.2) is 5.69 Å². The summed E-state index contributed by atoms with van der Waals surface area (Å²) in [6.07, 6.45) is 2.34. The maximum absolute atomic E-state index is 12.6. The fraction of sp³-hybridized carbons (Fsp3) is 0.0417. The van der Waals surface area contributed by atoms with Gasteiger partial charge >= 0.3 is 5.97 Å². The lowest BCUT2D eigenvalue weighted by Crippen LogP contribution is -2.09. The highest BCUT2D eigenvalue weighted by Crippen LogP contribution is 2.28. The smallest absolute Gasteiger partial charge is 0.363 e. The van der Waals surface area contributed by atoms with Gasteiger partial charge in [-0.1, -0.05) is 36.4 Å². The number of nitrogens with one attached hydrogen (secondary N) is 1. The Kier molecular flexibility index (Phi) is 5.19. The van der Waals surface area contributed by atoms with E-state index in [-0.39, 0.29) is 5.56 Å². The number of hydrogen-bond donors (Lipinski definition) is 1. The number of esters is 1. The molecule has 0 bridgehead atoms.